The third-order valence-corrected chi connectivity index (χ3v) is 4.62. The van der Waals surface area contributed by atoms with E-state index in [4.69, 9.17) is 5.11 Å². The summed E-state index contributed by atoms with van der Waals surface area (Å²) in [6, 6.07) is 0. The summed E-state index contributed by atoms with van der Waals surface area (Å²) in [6.07, 6.45) is 9.27. The van der Waals surface area contributed by atoms with E-state index in [0.717, 1.165) is 31.7 Å². The first-order valence-corrected chi connectivity index (χ1v) is 8.04. The quantitative estimate of drug-likeness (QED) is 0.749. The van der Waals surface area contributed by atoms with Crippen LogP contribution in [0.15, 0.2) is 6.20 Å². The zero-order chi connectivity index (χ0) is 15.1. The molecule has 6 heteroatoms. The highest BCUT2D eigenvalue weighted by Crippen LogP contribution is 2.31. The normalized spacial score (nSPS) is 18.3. The minimum absolute atomic E-state index is 0.193. The van der Waals surface area contributed by atoms with Gasteiger partial charge in [0, 0.05) is 38.0 Å². The Kier molecular flexibility index (Phi) is 6.14. The van der Waals surface area contributed by atoms with E-state index >= 15 is 0 Å². The second-order valence-corrected chi connectivity index (χ2v) is 6.33. The number of aliphatic hydroxyl groups is 1. The maximum atomic E-state index is 8.82. The maximum absolute atomic E-state index is 8.82. The lowest BCUT2D eigenvalue weighted by Crippen LogP contribution is -2.52. The van der Waals surface area contributed by atoms with Gasteiger partial charge in [0.25, 0.3) is 0 Å². The van der Waals surface area contributed by atoms with Crippen LogP contribution in [0, 0.1) is 0 Å². The first-order chi connectivity index (χ1) is 10.2. The number of aryl methyl sites for hydroxylation is 1. The van der Waals surface area contributed by atoms with Crippen molar-refractivity contribution in [3.05, 3.63) is 11.9 Å². The van der Waals surface area contributed by atoms with Crippen LogP contribution in [0.3, 0.4) is 0 Å². The summed E-state index contributed by atoms with van der Waals surface area (Å²) in [5.41, 5.74) is 1.27. The number of aliphatic hydroxyl groups excluding tert-OH is 1. The van der Waals surface area contributed by atoms with Crippen molar-refractivity contribution in [2.45, 2.75) is 57.2 Å². The fourth-order valence-electron chi connectivity index (χ4n) is 3.18. The molecule has 1 aliphatic rings. The van der Waals surface area contributed by atoms with Crippen LogP contribution in [0.1, 0.15) is 44.2 Å². The Bertz CT molecular complexity index is 412. The molecule has 1 aromatic rings. The van der Waals surface area contributed by atoms with Crippen molar-refractivity contribution in [3.8, 4) is 0 Å². The van der Waals surface area contributed by atoms with E-state index in [1.165, 1.54) is 32.1 Å². The van der Waals surface area contributed by atoms with Crippen molar-refractivity contribution in [1.29, 1.82) is 0 Å². The molecular weight excluding hydrogens is 266 g/mol. The lowest BCUT2D eigenvalue weighted by molar-refractivity contribution is 0.0983. The monoisotopic (exact) mass is 295 g/mol. The molecule has 0 radical (unpaired) electrons. The third-order valence-electron chi connectivity index (χ3n) is 4.62. The number of hydrogen-bond donors (Lipinski definition) is 2. The van der Waals surface area contributed by atoms with Gasteiger partial charge >= 0.3 is 0 Å². The average molecular weight is 295 g/mol. The van der Waals surface area contributed by atoms with Crippen LogP contribution in [0.2, 0.25) is 0 Å². The SMILES string of the molecule is CN(C)C1(CNCc2cn(CCCO)nn2)CCCCC1. The molecule has 0 aromatic carbocycles. The predicted octanol–water partition coefficient (Wildman–Crippen LogP) is 1.01. The van der Waals surface area contributed by atoms with Gasteiger partial charge in [0.15, 0.2) is 0 Å². The molecule has 21 heavy (non-hydrogen) atoms. The Morgan fingerprint density at radius 3 is 2.76 bits per heavy atom. The minimum Gasteiger partial charge on any atom is -0.396 e. The topological polar surface area (TPSA) is 66.2 Å². The average Bonchev–Trinajstić information content (AvgIpc) is 2.94. The van der Waals surface area contributed by atoms with Gasteiger partial charge in [0.1, 0.15) is 0 Å². The molecule has 2 rings (SSSR count). The number of aromatic nitrogens is 3. The van der Waals surface area contributed by atoms with Gasteiger partial charge in [-0.3, -0.25) is 4.68 Å². The summed E-state index contributed by atoms with van der Waals surface area (Å²) < 4.78 is 1.80. The van der Waals surface area contributed by atoms with E-state index in [0.29, 0.717) is 5.54 Å². The Morgan fingerprint density at radius 2 is 2.10 bits per heavy atom. The Labute approximate surface area is 127 Å². The highest BCUT2D eigenvalue weighted by molar-refractivity contribution is 4.96. The fourth-order valence-corrected chi connectivity index (χ4v) is 3.18. The van der Waals surface area contributed by atoms with E-state index in [1.807, 2.05) is 6.20 Å². The molecule has 1 fully saturated rings. The van der Waals surface area contributed by atoms with Crippen LogP contribution < -0.4 is 5.32 Å². The van der Waals surface area contributed by atoms with Crippen LogP contribution >= 0.6 is 0 Å². The van der Waals surface area contributed by atoms with E-state index in [1.54, 1.807) is 4.68 Å². The summed E-state index contributed by atoms with van der Waals surface area (Å²) in [4.78, 5) is 2.39. The lowest BCUT2D eigenvalue weighted by atomic mass is 9.80. The lowest BCUT2D eigenvalue weighted by Gasteiger charge is -2.43. The molecule has 0 aliphatic heterocycles. The molecule has 0 atom stereocenters. The van der Waals surface area contributed by atoms with E-state index in [2.05, 4.69) is 34.6 Å². The van der Waals surface area contributed by atoms with E-state index in [-0.39, 0.29) is 6.61 Å². The van der Waals surface area contributed by atoms with Crippen LogP contribution in [-0.2, 0) is 13.1 Å². The van der Waals surface area contributed by atoms with Gasteiger partial charge in [-0.1, -0.05) is 24.5 Å². The Morgan fingerprint density at radius 1 is 1.33 bits per heavy atom. The van der Waals surface area contributed by atoms with Crippen molar-refractivity contribution in [3.63, 3.8) is 0 Å². The van der Waals surface area contributed by atoms with Gasteiger partial charge in [-0.15, -0.1) is 5.10 Å². The van der Waals surface area contributed by atoms with Crippen molar-refractivity contribution in [2.24, 2.45) is 0 Å². The fraction of sp³-hybridized carbons (Fsp3) is 0.867. The minimum atomic E-state index is 0.193. The second-order valence-electron chi connectivity index (χ2n) is 6.33. The molecule has 0 spiro atoms. The van der Waals surface area contributed by atoms with Gasteiger partial charge in [-0.25, -0.2) is 0 Å². The first-order valence-electron chi connectivity index (χ1n) is 8.04. The van der Waals surface area contributed by atoms with Crippen molar-refractivity contribution < 1.29 is 5.11 Å². The summed E-state index contributed by atoms with van der Waals surface area (Å²) in [6.45, 7) is 2.68. The van der Waals surface area contributed by atoms with Gasteiger partial charge in [0.2, 0.25) is 0 Å². The van der Waals surface area contributed by atoms with Crippen molar-refractivity contribution in [1.82, 2.24) is 25.2 Å². The standard InChI is InChI=1S/C15H29N5O/c1-19(2)15(7-4-3-5-8-15)13-16-11-14-12-20(18-17-14)9-6-10-21/h12,16,21H,3-11,13H2,1-2H3. The molecule has 2 N–H and O–H groups in total. The highest BCUT2D eigenvalue weighted by Gasteiger charge is 2.33. The number of nitrogens with one attached hydrogen (secondary N) is 1. The molecule has 1 aromatic heterocycles. The number of likely N-dealkylation sites (N-methyl/N-ethyl adjacent to an activating group) is 1. The number of hydrogen-bond acceptors (Lipinski definition) is 5. The molecule has 1 saturated carbocycles. The Balaban J connectivity index is 1.80. The summed E-state index contributed by atoms with van der Waals surface area (Å²) in [5, 5.41) is 20.6. The molecule has 0 bridgehead atoms. The summed E-state index contributed by atoms with van der Waals surface area (Å²) in [7, 11) is 4.39. The first kappa shape index (κ1) is 16.4. The smallest absolute Gasteiger partial charge is 0.0964 e. The predicted molar refractivity (Wildman–Crippen MR) is 82.9 cm³/mol. The Hall–Kier alpha value is -0.980. The van der Waals surface area contributed by atoms with Crippen molar-refractivity contribution in [2.75, 3.05) is 27.2 Å². The van der Waals surface area contributed by atoms with Crippen LogP contribution in [0.5, 0.6) is 0 Å². The molecule has 0 amide bonds. The summed E-state index contributed by atoms with van der Waals surface area (Å²) in [5.74, 6) is 0. The van der Waals surface area contributed by atoms with Crippen LogP contribution in [0.25, 0.3) is 0 Å². The van der Waals surface area contributed by atoms with Gasteiger partial charge in [0.05, 0.1) is 5.69 Å². The summed E-state index contributed by atoms with van der Waals surface area (Å²) >= 11 is 0. The molecule has 1 aliphatic carbocycles. The van der Waals surface area contributed by atoms with Crippen LogP contribution in [0.4, 0.5) is 0 Å². The third kappa shape index (κ3) is 4.49. The van der Waals surface area contributed by atoms with Crippen LogP contribution in [-0.4, -0.2) is 57.8 Å². The molecule has 0 saturated heterocycles. The van der Waals surface area contributed by atoms with Crippen molar-refractivity contribution >= 4 is 0 Å². The van der Waals surface area contributed by atoms with E-state index < -0.39 is 0 Å². The van der Waals surface area contributed by atoms with E-state index in [9.17, 15) is 0 Å². The molecular formula is C15H29N5O. The van der Waals surface area contributed by atoms with Gasteiger partial charge in [-0.2, -0.15) is 0 Å². The maximum Gasteiger partial charge on any atom is 0.0964 e. The number of nitrogens with zero attached hydrogens (tertiary/aromatic N) is 4. The molecule has 0 unspecified atom stereocenters. The second kappa shape index (κ2) is 7.87. The highest BCUT2D eigenvalue weighted by atomic mass is 16.3. The van der Waals surface area contributed by atoms with Gasteiger partial charge in [-0.05, 0) is 33.4 Å². The number of rotatable bonds is 8. The molecule has 1 heterocycles. The zero-order valence-corrected chi connectivity index (χ0v) is 13.4. The largest absolute Gasteiger partial charge is 0.396 e. The molecule has 6 nitrogen and oxygen atoms in total. The van der Waals surface area contributed by atoms with Gasteiger partial charge < -0.3 is 15.3 Å². The molecule has 120 valence electrons. The zero-order valence-electron chi connectivity index (χ0n) is 13.4.